The van der Waals surface area contributed by atoms with Crippen molar-refractivity contribution in [2.45, 2.75) is 32.2 Å². The molecular formula is C16H22N2O2. The predicted octanol–water partition coefficient (Wildman–Crippen LogP) is 2.64. The largest absolute Gasteiger partial charge is 0.383 e. The lowest BCUT2D eigenvalue weighted by molar-refractivity contribution is -0.121. The van der Waals surface area contributed by atoms with Gasteiger partial charge in [-0.15, -0.1) is 0 Å². The number of methoxy groups -OCH3 is 1. The van der Waals surface area contributed by atoms with Crippen molar-refractivity contribution in [2.24, 2.45) is 0 Å². The van der Waals surface area contributed by atoms with Gasteiger partial charge in [-0.25, -0.2) is 0 Å². The molecule has 2 rings (SSSR count). The van der Waals surface area contributed by atoms with Crippen molar-refractivity contribution in [1.29, 1.82) is 0 Å². The second-order valence-corrected chi connectivity index (χ2v) is 5.04. The zero-order valence-electron chi connectivity index (χ0n) is 12.1. The smallest absolute Gasteiger partial charge is 0.224 e. The fourth-order valence-corrected chi connectivity index (χ4v) is 2.48. The van der Waals surface area contributed by atoms with Crippen molar-refractivity contribution < 1.29 is 9.53 Å². The van der Waals surface area contributed by atoms with Crippen molar-refractivity contribution in [3.8, 4) is 0 Å². The maximum Gasteiger partial charge on any atom is 0.224 e. The molecule has 1 atom stereocenters. The first-order chi connectivity index (χ1) is 9.74. The monoisotopic (exact) mass is 274 g/mol. The van der Waals surface area contributed by atoms with E-state index in [0.717, 1.165) is 29.3 Å². The van der Waals surface area contributed by atoms with Crippen LogP contribution in [0.4, 0.5) is 0 Å². The van der Waals surface area contributed by atoms with E-state index in [4.69, 9.17) is 4.74 Å². The molecular weight excluding hydrogens is 252 g/mol. The van der Waals surface area contributed by atoms with Crippen LogP contribution in [0.1, 0.15) is 25.3 Å². The summed E-state index contributed by atoms with van der Waals surface area (Å²) in [4.78, 5) is 15.3. The number of amides is 1. The second-order valence-electron chi connectivity index (χ2n) is 5.04. The minimum Gasteiger partial charge on any atom is -0.383 e. The molecule has 0 aliphatic heterocycles. The molecule has 0 spiro atoms. The molecule has 1 amide bonds. The summed E-state index contributed by atoms with van der Waals surface area (Å²) in [5.74, 6) is 0.0465. The van der Waals surface area contributed by atoms with E-state index in [-0.39, 0.29) is 11.9 Å². The third-order valence-electron chi connectivity index (χ3n) is 3.40. The Kier molecular flexibility index (Phi) is 5.18. The number of hydrogen-bond donors (Lipinski definition) is 2. The van der Waals surface area contributed by atoms with Crippen LogP contribution < -0.4 is 5.32 Å². The molecule has 1 unspecified atom stereocenters. The number of aromatic amines is 1. The zero-order chi connectivity index (χ0) is 14.4. The lowest BCUT2D eigenvalue weighted by Gasteiger charge is -2.17. The molecule has 4 heteroatoms. The summed E-state index contributed by atoms with van der Waals surface area (Å²) in [5.41, 5.74) is 2.10. The standard InChI is InChI=1S/C16H22N2O2/c1-3-6-13(11-20-2)18-16(19)9-12-10-17-15-8-5-4-7-14(12)15/h4-5,7-8,10,13,17H,3,6,9,11H2,1-2H3,(H,18,19). The minimum atomic E-state index is 0.0465. The fraction of sp³-hybridized carbons (Fsp3) is 0.438. The molecule has 108 valence electrons. The zero-order valence-corrected chi connectivity index (χ0v) is 12.1. The van der Waals surface area contributed by atoms with Crippen molar-refractivity contribution in [1.82, 2.24) is 10.3 Å². The molecule has 1 aromatic heterocycles. The highest BCUT2D eigenvalue weighted by Crippen LogP contribution is 2.18. The van der Waals surface area contributed by atoms with Gasteiger partial charge in [0.05, 0.1) is 19.1 Å². The Labute approximate surface area is 119 Å². The quantitative estimate of drug-likeness (QED) is 0.815. The van der Waals surface area contributed by atoms with Crippen molar-refractivity contribution in [3.05, 3.63) is 36.0 Å². The average molecular weight is 274 g/mol. The Balaban J connectivity index is 2.00. The van der Waals surface area contributed by atoms with Crippen LogP contribution >= 0.6 is 0 Å². The molecule has 2 N–H and O–H groups in total. The van der Waals surface area contributed by atoms with Crippen molar-refractivity contribution in [2.75, 3.05) is 13.7 Å². The van der Waals surface area contributed by atoms with E-state index in [0.29, 0.717) is 13.0 Å². The maximum atomic E-state index is 12.1. The van der Waals surface area contributed by atoms with Gasteiger partial charge < -0.3 is 15.0 Å². The van der Waals surface area contributed by atoms with Gasteiger partial charge in [0.25, 0.3) is 0 Å². The summed E-state index contributed by atoms with van der Waals surface area (Å²) in [6, 6.07) is 8.12. The molecule has 1 aromatic carbocycles. The van der Waals surface area contributed by atoms with Crippen LogP contribution in [0.2, 0.25) is 0 Å². The number of H-pyrrole nitrogens is 1. The molecule has 0 saturated heterocycles. The highest BCUT2D eigenvalue weighted by atomic mass is 16.5. The number of carbonyl (C=O) groups excluding carboxylic acids is 1. The summed E-state index contributed by atoms with van der Waals surface area (Å²) < 4.78 is 5.14. The van der Waals surface area contributed by atoms with Gasteiger partial charge in [-0.3, -0.25) is 4.79 Å². The molecule has 4 nitrogen and oxygen atoms in total. The molecule has 0 radical (unpaired) electrons. The fourth-order valence-electron chi connectivity index (χ4n) is 2.48. The summed E-state index contributed by atoms with van der Waals surface area (Å²) in [5, 5.41) is 4.16. The molecule has 0 aliphatic rings. The highest BCUT2D eigenvalue weighted by Gasteiger charge is 2.13. The molecule has 0 aliphatic carbocycles. The summed E-state index contributed by atoms with van der Waals surface area (Å²) in [6.07, 6.45) is 4.28. The van der Waals surface area contributed by atoms with Gasteiger partial charge >= 0.3 is 0 Å². The second kappa shape index (κ2) is 7.10. The number of carbonyl (C=O) groups is 1. The molecule has 20 heavy (non-hydrogen) atoms. The van der Waals surface area contributed by atoms with E-state index in [9.17, 15) is 4.79 Å². The third-order valence-corrected chi connectivity index (χ3v) is 3.40. The van der Waals surface area contributed by atoms with Gasteiger partial charge in [0.2, 0.25) is 5.91 Å². The van der Waals surface area contributed by atoms with Gasteiger partial charge in [0, 0.05) is 24.2 Å². The number of hydrogen-bond acceptors (Lipinski definition) is 2. The predicted molar refractivity (Wildman–Crippen MR) is 80.7 cm³/mol. The van der Waals surface area contributed by atoms with Gasteiger partial charge in [0.15, 0.2) is 0 Å². The first-order valence-corrected chi connectivity index (χ1v) is 7.08. The summed E-state index contributed by atoms with van der Waals surface area (Å²) in [6.45, 7) is 2.67. The van der Waals surface area contributed by atoms with Crippen molar-refractivity contribution >= 4 is 16.8 Å². The summed E-state index contributed by atoms with van der Waals surface area (Å²) >= 11 is 0. The Morgan fingerprint density at radius 1 is 1.40 bits per heavy atom. The van der Waals surface area contributed by atoms with Crippen LogP contribution in [0.5, 0.6) is 0 Å². The Morgan fingerprint density at radius 2 is 2.20 bits per heavy atom. The van der Waals surface area contributed by atoms with Crippen LogP contribution in [0, 0.1) is 0 Å². The highest BCUT2D eigenvalue weighted by molar-refractivity contribution is 5.88. The lowest BCUT2D eigenvalue weighted by atomic mass is 10.1. The number of fused-ring (bicyclic) bond motifs is 1. The van der Waals surface area contributed by atoms with E-state index < -0.39 is 0 Å². The number of ether oxygens (including phenoxy) is 1. The van der Waals surface area contributed by atoms with Crippen LogP contribution in [0.15, 0.2) is 30.5 Å². The van der Waals surface area contributed by atoms with Gasteiger partial charge in [-0.05, 0) is 18.1 Å². The minimum absolute atomic E-state index is 0.0465. The van der Waals surface area contributed by atoms with Gasteiger partial charge in [-0.1, -0.05) is 31.5 Å². The Hall–Kier alpha value is -1.81. The number of aromatic nitrogens is 1. The topological polar surface area (TPSA) is 54.1 Å². The summed E-state index contributed by atoms with van der Waals surface area (Å²) in [7, 11) is 1.66. The lowest BCUT2D eigenvalue weighted by Crippen LogP contribution is -2.38. The van der Waals surface area contributed by atoms with E-state index in [1.54, 1.807) is 7.11 Å². The van der Waals surface area contributed by atoms with Gasteiger partial charge in [0.1, 0.15) is 0 Å². The maximum absolute atomic E-state index is 12.1. The third kappa shape index (κ3) is 3.61. The van der Waals surface area contributed by atoms with E-state index in [1.807, 2.05) is 30.5 Å². The molecule has 0 fully saturated rings. The molecule has 2 aromatic rings. The first kappa shape index (κ1) is 14.6. The number of nitrogens with one attached hydrogen (secondary N) is 2. The van der Waals surface area contributed by atoms with Crippen LogP contribution in [-0.2, 0) is 16.0 Å². The SMILES string of the molecule is CCCC(COC)NC(=O)Cc1c[nH]c2ccccc12. The molecule has 1 heterocycles. The van der Waals surface area contributed by atoms with E-state index in [2.05, 4.69) is 17.2 Å². The average Bonchev–Trinajstić information content (AvgIpc) is 2.83. The Morgan fingerprint density at radius 3 is 2.95 bits per heavy atom. The van der Waals surface area contributed by atoms with E-state index in [1.165, 1.54) is 0 Å². The Bertz CT molecular complexity index is 556. The van der Waals surface area contributed by atoms with Gasteiger partial charge in [-0.2, -0.15) is 0 Å². The van der Waals surface area contributed by atoms with E-state index >= 15 is 0 Å². The number of benzene rings is 1. The normalized spacial score (nSPS) is 12.5. The number of para-hydroxylation sites is 1. The van der Waals surface area contributed by atoms with Crippen LogP contribution in [0.25, 0.3) is 10.9 Å². The van der Waals surface area contributed by atoms with Crippen LogP contribution in [-0.4, -0.2) is 30.6 Å². The first-order valence-electron chi connectivity index (χ1n) is 7.08. The molecule has 0 saturated carbocycles. The number of rotatable bonds is 7. The van der Waals surface area contributed by atoms with Crippen LogP contribution in [0.3, 0.4) is 0 Å². The van der Waals surface area contributed by atoms with Crippen molar-refractivity contribution in [3.63, 3.8) is 0 Å². The molecule has 0 bridgehead atoms.